The van der Waals surface area contributed by atoms with Crippen LogP contribution in [0, 0.1) is 12.7 Å². The SMILES string of the molecule is Cc1nc(-c2nccn2C)cc([C@H]2CCCCN2Cc2ccc(F)cc2)n1. The van der Waals surface area contributed by atoms with Gasteiger partial charge in [0.15, 0.2) is 5.82 Å². The van der Waals surface area contributed by atoms with E-state index >= 15 is 0 Å². The summed E-state index contributed by atoms with van der Waals surface area (Å²) < 4.78 is 15.2. The largest absolute Gasteiger partial charge is 0.333 e. The lowest BCUT2D eigenvalue weighted by Crippen LogP contribution is -2.33. The molecule has 3 heterocycles. The molecule has 1 aromatic carbocycles. The first-order chi connectivity index (χ1) is 13.1. The third-order valence-electron chi connectivity index (χ3n) is 5.16. The summed E-state index contributed by atoms with van der Waals surface area (Å²) in [6.45, 7) is 3.75. The van der Waals surface area contributed by atoms with Gasteiger partial charge in [-0.05, 0) is 50.1 Å². The summed E-state index contributed by atoms with van der Waals surface area (Å²) in [6.07, 6.45) is 7.14. The number of piperidine rings is 1. The molecule has 5 nitrogen and oxygen atoms in total. The zero-order chi connectivity index (χ0) is 18.8. The van der Waals surface area contributed by atoms with E-state index < -0.39 is 0 Å². The van der Waals surface area contributed by atoms with E-state index in [9.17, 15) is 4.39 Å². The van der Waals surface area contributed by atoms with E-state index in [1.807, 2.05) is 36.9 Å². The van der Waals surface area contributed by atoms with E-state index in [1.54, 1.807) is 6.20 Å². The minimum atomic E-state index is -0.194. The van der Waals surface area contributed by atoms with Gasteiger partial charge in [-0.3, -0.25) is 4.90 Å². The fourth-order valence-electron chi connectivity index (χ4n) is 3.83. The number of nitrogens with zero attached hydrogens (tertiary/aromatic N) is 5. The molecule has 6 heteroatoms. The molecule has 1 aliphatic heterocycles. The summed E-state index contributed by atoms with van der Waals surface area (Å²) in [5.41, 5.74) is 3.03. The summed E-state index contributed by atoms with van der Waals surface area (Å²) in [7, 11) is 1.97. The fraction of sp³-hybridized carbons (Fsp3) is 0.381. The molecule has 0 saturated carbocycles. The van der Waals surface area contributed by atoms with Crippen LogP contribution in [0.15, 0.2) is 42.7 Å². The minimum Gasteiger partial charge on any atom is -0.333 e. The maximum Gasteiger partial charge on any atom is 0.158 e. The second-order valence-corrected chi connectivity index (χ2v) is 7.20. The second-order valence-electron chi connectivity index (χ2n) is 7.20. The number of aromatic nitrogens is 4. The van der Waals surface area contributed by atoms with Crippen molar-refractivity contribution >= 4 is 0 Å². The highest BCUT2D eigenvalue weighted by Crippen LogP contribution is 2.32. The Kier molecular flexibility index (Phi) is 4.99. The van der Waals surface area contributed by atoms with E-state index in [1.165, 1.54) is 25.0 Å². The molecule has 0 amide bonds. The summed E-state index contributed by atoms with van der Waals surface area (Å²) in [5.74, 6) is 1.42. The summed E-state index contributed by atoms with van der Waals surface area (Å²) in [4.78, 5) is 16.2. The van der Waals surface area contributed by atoms with Crippen molar-refractivity contribution in [1.29, 1.82) is 0 Å². The molecule has 0 unspecified atom stereocenters. The first kappa shape index (κ1) is 17.8. The predicted octanol–water partition coefficient (Wildman–Crippen LogP) is 4.05. The van der Waals surface area contributed by atoms with Crippen molar-refractivity contribution < 1.29 is 4.39 Å². The van der Waals surface area contributed by atoms with Crippen molar-refractivity contribution in [2.45, 2.75) is 38.8 Å². The molecular formula is C21H24FN5. The van der Waals surface area contributed by atoms with Crippen LogP contribution < -0.4 is 0 Å². The standard InChI is InChI=1S/C21H24FN5/c1-15-24-18(13-19(25-15)21-23-10-12-26(21)2)20-5-3-4-11-27(20)14-16-6-8-17(22)9-7-16/h6-10,12-13,20H,3-5,11,14H2,1-2H3/t20-/m1/s1. The van der Waals surface area contributed by atoms with E-state index in [-0.39, 0.29) is 11.9 Å². The Labute approximate surface area is 158 Å². The van der Waals surface area contributed by atoms with Crippen molar-refractivity contribution in [3.8, 4) is 11.5 Å². The van der Waals surface area contributed by atoms with Crippen LogP contribution in [0.25, 0.3) is 11.5 Å². The Morgan fingerprint density at radius 1 is 1.15 bits per heavy atom. The van der Waals surface area contributed by atoms with Crippen molar-refractivity contribution in [3.63, 3.8) is 0 Å². The van der Waals surface area contributed by atoms with Crippen molar-refractivity contribution in [2.24, 2.45) is 7.05 Å². The maximum atomic E-state index is 13.2. The van der Waals surface area contributed by atoms with Crippen molar-refractivity contribution in [1.82, 2.24) is 24.4 Å². The first-order valence-corrected chi connectivity index (χ1v) is 9.42. The zero-order valence-electron chi connectivity index (χ0n) is 15.8. The number of halogens is 1. The lowest BCUT2D eigenvalue weighted by Gasteiger charge is -2.35. The molecule has 1 saturated heterocycles. The summed E-state index contributed by atoms with van der Waals surface area (Å²) in [5, 5.41) is 0. The zero-order valence-corrected chi connectivity index (χ0v) is 15.8. The molecular weight excluding hydrogens is 341 g/mol. The highest BCUT2D eigenvalue weighted by molar-refractivity contribution is 5.50. The molecule has 0 radical (unpaired) electrons. The first-order valence-electron chi connectivity index (χ1n) is 9.42. The Bertz CT molecular complexity index is 919. The van der Waals surface area contributed by atoms with Crippen LogP contribution in [0.1, 0.15) is 42.4 Å². The predicted molar refractivity (Wildman–Crippen MR) is 102 cm³/mol. The van der Waals surface area contributed by atoms with Gasteiger partial charge in [0, 0.05) is 26.0 Å². The number of imidazole rings is 1. The van der Waals surface area contributed by atoms with Crippen molar-refractivity contribution in [2.75, 3.05) is 6.54 Å². The Morgan fingerprint density at radius 2 is 1.96 bits per heavy atom. The average molecular weight is 365 g/mol. The number of benzene rings is 1. The Morgan fingerprint density at radius 3 is 2.70 bits per heavy atom. The molecule has 1 fully saturated rings. The van der Waals surface area contributed by atoms with Gasteiger partial charge in [-0.2, -0.15) is 0 Å². The van der Waals surface area contributed by atoms with Gasteiger partial charge in [0.05, 0.1) is 11.7 Å². The molecule has 2 aromatic heterocycles. The number of hydrogen-bond acceptors (Lipinski definition) is 4. The van der Waals surface area contributed by atoms with Crippen LogP contribution in [-0.4, -0.2) is 31.0 Å². The molecule has 1 aliphatic rings. The van der Waals surface area contributed by atoms with Gasteiger partial charge in [0.1, 0.15) is 17.3 Å². The normalized spacial score (nSPS) is 18.0. The molecule has 0 bridgehead atoms. The summed E-state index contributed by atoms with van der Waals surface area (Å²) in [6, 6.07) is 9.11. The van der Waals surface area contributed by atoms with Crippen LogP contribution >= 0.6 is 0 Å². The van der Waals surface area contributed by atoms with Crippen LogP contribution in [-0.2, 0) is 13.6 Å². The van der Waals surface area contributed by atoms with E-state index in [0.717, 1.165) is 48.1 Å². The average Bonchev–Trinajstić information content (AvgIpc) is 3.09. The van der Waals surface area contributed by atoms with Gasteiger partial charge < -0.3 is 4.57 Å². The van der Waals surface area contributed by atoms with Crippen LogP contribution in [0.2, 0.25) is 0 Å². The molecule has 140 valence electrons. The van der Waals surface area contributed by atoms with E-state index in [2.05, 4.69) is 20.9 Å². The third kappa shape index (κ3) is 3.90. The van der Waals surface area contributed by atoms with E-state index in [0.29, 0.717) is 0 Å². The fourth-order valence-corrected chi connectivity index (χ4v) is 3.83. The van der Waals surface area contributed by atoms with E-state index in [4.69, 9.17) is 4.98 Å². The monoisotopic (exact) mass is 365 g/mol. The lowest BCUT2D eigenvalue weighted by atomic mass is 9.97. The van der Waals surface area contributed by atoms with Gasteiger partial charge >= 0.3 is 0 Å². The summed E-state index contributed by atoms with van der Waals surface area (Å²) >= 11 is 0. The smallest absolute Gasteiger partial charge is 0.158 e. The van der Waals surface area contributed by atoms with Gasteiger partial charge in [-0.15, -0.1) is 0 Å². The Balaban J connectivity index is 1.64. The number of rotatable bonds is 4. The third-order valence-corrected chi connectivity index (χ3v) is 5.16. The minimum absolute atomic E-state index is 0.194. The number of likely N-dealkylation sites (tertiary alicyclic amines) is 1. The lowest BCUT2D eigenvalue weighted by molar-refractivity contribution is 0.137. The topological polar surface area (TPSA) is 46.8 Å². The molecule has 0 aliphatic carbocycles. The van der Waals surface area contributed by atoms with Crippen molar-refractivity contribution in [3.05, 3.63) is 65.6 Å². The molecule has 0 N–H and O–H groups in total. The van der Waals surface area contributed by atoms with Crippen LogP contribution in [0.5, 0.6) is 0 Å². The van der Waals surface area contributed by atoms with Gasteiger partial charge in [-0.1, -0.05) is 18.6 Å². The van der Waals surface area contributed by atoms with Gasteiger partial charge in [0.25, 0.3) is 0 Å². The molecule has 0 spiro atoms. The maximum absolute atomic E-state index is 13.2. The highest BCUT2D eigenvalue weighted by Gasteiger charge is 2.26. The van der Waals surface area contributed by atoms with Gasteiger partial charge in [0.2, 0.25) is 0 Å². The molecule has 27 heavy (non-hydrogen) atoms. The second kappa shape index (κ2) is 7.56. The quantitative estimate of drug-likeness (QED) is 0.700. The van der Waals surface area contributed by atoms with Crippen LogP contribution in [0.3, 0.4) is 0 Å². The number of aryl methyl sites for hydroxylation is 2. The van der Waals surface area contributed by atoms with Gasteiger partial charge in [-0.25, -0.2) is 19.3 Å². The molecule has 4 rings (SSSR count). The highest BCUT2D eigenvalue weighted by atomic mass is 19.1. The Hall–Kier alpha value is -2.60. The molecule has 1 atom stereocenters. The van der Waals surface area contributed by atoms with Crippen LogP contribution in [0.4, 0.5) is 4.39 Å². The number of hydrogen-bond donors (Lipinski definition) is 0. The molecule has 3 aromatic rings.